The van der Waals surface area contributed by atoms with Crippen LogP contribution in [0.1, 0.15) is 6.92 Å². The van der Waals surface area contributed by atoms with Crippen molar-refractivity contribution in [3.05, 3.63) is 40.8 Å². The Balaban J connectivity index is 2.58. The van der Waals surface area contributed by atoms with Gasteiger partial charge < -0.3 is 14.4 Å². The van der Waals surface area contributed by atoms with Crippen LogP contribution in [0.25, 0.3) is 10.8 Å². The molecule has 0 aliphatic carbocycles. The molecule has 0 radical (unpaired) electrons. The summed E-state index contributed by atoms with van der Waals surface area (Å²) < 4.78 is 7.05. The largest absolute Gasteiger partial charge is 0.491 e. The van der Waals surface area contributed by atoms with Crippen molar-refractivity contribution in [3.8, 4) is 5.75 Å². The predicted molar refractivity (Wildman–Crippen MR) is 66.5 cm³/mol. The summed E-state index contributed by atoms with van der Waals surface area (Å²) in [7, 11) is 0. The first kappa shape index (κ1) is 11.7. The zero-order valence-electron chi connectivity index (χ0n) is 9.72. The lowest BCUT2D eigenvalue weighted by molar-refractivity contribution is 0.203. The Morgan fingerprint density at radius 3 is 2.82 bits per heavy atom. The molecule has 17 heavy (non-hydrogen) atoms. The van der Waals surface area contributed by atoms with E-state index in [9.17, 15) is 4.79 Å². The van der Waals surface area contributed by atoms with E-state index < -0.39 is 0 Å². The molecule has 1 aromatic heterocycles. The first-order valence-corrected chi connectivity index (χ1v) is 5.63. The van der Waals surface area contributed by atoms with E-state index in [0.717, 1.165) is 5.39 Å². The molecule has 1 heterocycles. The molecule has 0 amide bonds. The number of aryl methyl sites for hydroxylation is 1. The fraction of sp³-hybridized carbons (Fsp3) is 0.308. The van der Waals surface area contributed by atoms with Gasteiger partial charge >= 0.3 is 0 Å². The molecule has 0 saturated heterocycles. The molecule has 2 rings (SSSR count). The van der Waals surface area contributed by atoms with E-state index in [1.165, 1.54) is 0 Å². The van der Waals surface area contributed by atoms with Crippen LogP contribution in [-0.4, -0.2) is 22.9 Å². The molecule has 1 N–H and O–H groups in total. The summed E-state index contributed by atoms with van der Waals surface area (Å²) in [5, 5.41) is 10.2. The van der Waals surface area contributed by atoms with Crippen LogP contribution in [0.3, 0.4) is 0 Å². The summed E-state index contributed by atoms with van der Waals surface area (Å²) in [5.74, 6) is 0.636. The Hall–Kier alpha value is -1.81. The van der Waals surface area contributed by atoms with E-state index in [1.807, 2.05) is 13.0 Å². The molecule has 4 heteroatoms. The van der Waals surface area contributed by atoms with Crippen LogP contribution in [0.2, 0.25) is 0 Å². The van der Waals surface area contributed by atoms with Gasteiger partial charge in [-0.2, -0.15) is 0 Å². The van der Waals surface area contributed by atoms with E-state index in [4.69, 9.17) is 9.84 Å². The van der Waals surface area contributed by atoms with Crippen molar-refractivity contribution in [1.29, 1.82) is 0 Å². The number of pyridine rings is 1. The Morgan fingerprint density at radius 2 is 2.12 bits per heavy atom. The highest BCUT2D eigenvalue weighted by Crippen LogP contribution is 2.22. The Bertz CT molecular complexity index is 574. The maximum absolute atomic E-state index is 12.0. The standard InChI is InChI=1S/C13H15NO3/c1-2-14-7-6-10-11(13(14)16)4-3-5-12(10)17-9-8-15/h3-7,15H,2,8-9H2,1H3. The maximum atomic E-state index is 12.0. The number of hydrogen-bond acceptors (Lipinski definition) is 3. The molecular weight excluding hydrogens is 218 g/mol. The third-order valence-corrected chi connectivity index (χ3v) is 2.67. The minimum absolute atomic E-state index is 0.0144. The highest BCUT2D eigenvalue weighted by Gasteiger charge is 2.06. The summed E-state index contributed by atoms with van der Waals surface area (Å²) in [5.41, 5.74) is -0.0144. The van der Waals surface area contributed by atoms with Crippen LogP contribution >= 0.6 is 0 Å². The summed E-state index contributed by atoms with van der Waals surface area (Å²) in [6, 6.07) is 7.24. The van der Waals surface area contributed by atoms with Crippen LogP contribution in [0.4, 0.5) is 0 Å². The second-order valence-electron chi connectivity index (χ2n) is 3.70. The third kappa shape index (κ3) is 2.17. The molecule has 2 aromatic rings. The molecule has 0 unspecified atom stereocenters. The fourth-order valence-electron chi connectivity index (χ4n) is 1.82. The van der Waals surface area contributed by atoms with Crippen molar-refractivity contribution in [1.82, 2.24) is 4.57 Å². The van der Waals surface area contributed by atoms with Crippen molar-refractivity contribution in [2.75, 3.05) is 13.2 Å². The van der Waals surface area contributed by atoms with Gasteiger partial charge in [0.05, 0.1) is 12.0 Å². The first-order chi connectivity index (χ1) is 8.27. The zero-order valence-corrected chi connectivity index (χ0v) is 9.72. The normalized spacial score (nSPS) is 10.7. The highest BCUT2D eigenvalue weighted by atomic mass is 16.5. The summed E-state index contributed by atoms with van der Waals surface area (Å²) in [6.45, 7) is 2.77. The minimum atomic E-state index is -0.0393. The number of rotatable bonds is 4. The lowest BCUT2D eigenvalue weighted by Gasteiger charge is -2.09. The molecule has 0 fully saturated rings. The Kier molecular flexibility index (Phi) is 3.44. The third-order valence-electron chi connectivity index (χ3n) is 2.67. The number of ether oxygens (including phenoxy) is 1. The molecule has 0 spiro atoms. The second-order valence-corrected chi connectivity index (χ2v) is 3.70. The highest BCUT2D eigenvalue weighted by molar-refractivity contribution is 5.87. The van der Waals surface area contributed by atoms with Crippen molar-refractivity contribution in [2.24, 2.45) is 0 Å². The molecule has 4 nitrogen and oxygen atoms in total. The number of benzene rings is 1. The van der Waals surface area contributed by atoms with Gasteiger partial charge in [0.1, 0.15) is 12.4 Å². The quantitative estimate of drug-likeness (QED) is 0.868. The topological polar surface area (TPSA) is 51.5 Å². The van der Waals surface area contributed by atoms with Gasteiger partial charge in [0.25, 0.3) is 5.56 Å². The SMILES string of the molecule is CCn1ccc2c(OCCO)cccc2c1=O. The molecule has 0 atom stereocenters. The lowest BCUT2D eigenvalue weighted by atomic mass is 10.1. The van der Waals surface area contributed by atoms with Crippen molar-refractivity contribution in [2.45, 2.75) is 13.5 Å². The molecule has 0 aliphatic heterocycles. The average Bonchev–Trinajstić information content (AvgIpc) is 2.37. The number of fused-ring (bicyclic) bond motifs is 1. The molecule has 0 saturated carbocycles. The number of aliphatic hydroxyl groups is 1. The second kappa shape index (κ2) is 5.01. The monoisotopic (exact) mass is 233 g/mol. The van der Waals surface area contributed by atoms with E-state index in [1.54, 1.807) is 29.0 Å². The molecular formula is C13H15NO3. The Morgan fingerprint density at radius 1 is 1.29 bits per heavy atom. The van der Waals surface area contributed by atoms with Crippen LogP contribution in [0.15, 0.2) is 35.3 Å². The summed E-state index contributed by atoms with van der Waals surface area (Å²) in [4.78, 5) is 12.0. The molecule has 0 aliphatic rings. The van der Waals surface area contributed by atoms with Crippen LogP contribution in [0.5, 0.6) is 5.75 Å². The number of aliphatic hydroxyl groups excluding tert-OH is 1. The summed E-state index contributed by atoms with van der Waals surface area (Å²) >= 11 is 0. The molecule has 0 bridgehead atoms. The maximum Gasteiger partial charge on any atom is 0.258 e. The van der Waals surface area contributed by atoms with Gasteiger partial charge in [-0.15, -0.1) is 0 Å². The van der Waals surface area contributed by atoms with Gasteiger partial charge in [-0.3, -0.25) is 4.79 Å². The smallest absolute Gasteiger partial charge is 0.258 e. The van der Waals surface area contributed by atoms with Gasteiger partial charge in [0, 0.05) is 18.1 Å². The minimum Gasteiger partial charge on any atom is -0.491 e. The van der Waals surface area contributed by atoms with Crippen LogP contribution in [0, 0.1) is 0 Å². The van der Waals surface area contributed by atoms with Gasteiger partial charge in [-0.25, -0.2) is 0 Å². The average molecular weight is 233 g/mol. The van der Waals surface area contributed by atoms with E-state index >= 15 is 0 Å². The van der Waals surface area contributed by atoms with Gasteiger partial charge in [0.2, 0.25) is 0 Å². The molecule has 1 aromatic carbocycles. The van der Waals surface area contributed by atoms with Gasteiger partial charge in [0.15, 0.2) is 0 Å². The Labute approximate surface area is 99.1 Å². The number of nitrogens with zero attached hydrogens (tertiary/aromatic N) is 1. The van der Waals surface area contributed by atoms with Gasteiger partial charge in [-0.05, 0) is 25.1 Å². The summed E-state index contributed by atoms with van der Waals surface area (Å²) in [6.07, 6.45) is 1.76. The van der Waals surface area contributed by atoms with Crippen molar-refractivity contribution in [3.63, 3.8) is 0 Å². The van der Waals surface area contributed by atoms with E-state index in [0.29, 0.717) is 17.7 Å². The van der Waals surface area contributed by atoms with Crippen LogP contribution < -0.4 is 10.3 Å². The van der Waals surface area contributed by atoms with Gasteiger partial charge in [-0.1, -0.05) is 6.07 Å². The predicted octanol–water partition coefficient (Wildman–Crippen LogP) is 1.39. The molecule has 90 valence electrons. The fourth-order valence-corrected chi connectivity index (χ4v) is 1.82. The number of hydrogen-bond donors (Lipinski definition) is 1. The first-order valence-electron chi connectivity index (χ1n) is 5.63. The van der Waals surface area contributed by atoms with Crippen molar-refractivity contribution >= 4 is 10.8 Å². The van der Waals surface area contributed by atoms with Crippen LogP contribution in [-0.2, 0) is 6.54 Å². The van der Waals surface area contributed by atoms with Crippen molar-refractivity contribution < 1.29 is 9.84 Å². The van der Waals surface area contributed by atoms with E-state index in [2.05, 4.69) is 0 Å². The van der Waals surface area contributed by atoms with E-state index in [-0.39, 0.29) is 18.8 Å². The lowest BCUT2D eigenvalue weighted by Crippen LogP contribution is -2.18. The number of aromatic nitrogens is 1. The zero-order chi connectivity index (χ0) is 12.3.